The van der Waals surface area contributed by atoms with Gasteiger partial charge in [0.15, 0.2) is 10.8 Å². The van der Waals surface area contributed by atoms with E-state index in [9.17, 15) is 14.0 Å². The van der Waals surface area contributed by atoms with Crippen LogP contribution in [0.5, 0.6) is 11.5 Å². The number of hydrogen-bond acceptors (Lipinski definition) is 10. The molecule has 4 aromatic rings. The number of amides is 2. The standard InChI is InChI=1S/C36H31ClFN7O4S/c1-48-35(46)31-30(41-33(34-40-12-15-50-34)42-32(31)28-11-6-24(38)16-29(28)37)21-43-13-14-45-25(19-43)20-44(36(45)47)18-23-4-9-27(10-5-23)49-26-7-2-22(17-39)3-8-26/h2-12,15-16,25,32H,13-14,18-21H2,1H3,(H,41,42)/t25-,32-/m0/s1. The van der Waals surface area contributed by atoms with E-state index in [1.807, 2.05) is 39.4 Å². The molecule has 14 heteroatoms. The fraction of sp³-hybridized carbons (Fsp3) is 0.250. The number of thiazole rings is 1. The van der Waals surface area contributed by atoms with Crippen molar-refractivity contribution in [3.05, 3.63) is 122 Å². The number of esters is 1. The van der Waals surface area contributed by atoms with Crippen molar-refractivity contribution in [2.45, 2.75) is 18.6 Å². The van der Waals surface area contributed by atoms with Crippen molar-refractivity contribution in [1.82, 2.24) is 25.0 Å². The molecule has 11 nitrogen and oxygen atoms in total. The average molecular weight is 712 g/mol. The van der Waals surface area contributed by atoms with Gasteiger partial charge in [0.1, 0.15) is 23.4 Å². The summed E-state index contributed by atoms with van der Waals surface area (Å²) in [5, 5.41) is 14.9. The fourth-order valence-electron chi connectivity index (χ4n) is 6.43. The van der Waals surface area contributed by atoms with Crippen LogP contribution in [-0.4, -0.2) is 83.4 Å². The van der Waals surface area contributed by atoms with E-state index < -0.39 is 17.8 Å². The minimum atomic E-state index is -0.851. The molecule has 4 heterocycles. The highest BCUT2D eigenvalue weighted by Crippen LogP contribution is 2.37. The van der Waals surface area contributed by atoms with Gasteiger partial charge in [0.25, 0.3) is 0 Å². The van der Waals surface area contributed by atoms with E-state index in [-0.39, 0.29) is 22.7 Å². The molecule has 2 atom stereocenters. The first kappa shape index (κ1) is 33.2. The van der Waals surface area contributed by atoms with Crippen molar-refractivity contribution >= 4 is 40.8 Å². The molecular weight excluding hydrogens is 681 g/mol. The Morgan fingerprint density at radius 1 is 1.08 bits per heavy atom. The van der Waals surface area contributed by atoms with Crippen LogP contribution in [0, 0.1) is 17.1 Å². The molecule has 2 fully saturated rings. The van der Waals surface area contributed by atoms with E-state index in [0.717, 1.165) is 5.56 Å². The summed E-state index contributed by atoms with van der Waals surface area (Å²) >= 11 is 7.90. The summed E-state index contributed by atoms with van der Waals surface area (Å²) < 4.78 is 25.1. The Hall–Kier alpha value is -5.29. The zero-order chi connectivity index (χ0) is 34.8. The maximum atomic E-state index is 14.0. The van der Waals surface area contributed by atoms with Crippen molar-refractivity contribution in [2.24, 2.45) is 4.99 Å². The maximum absolute atomic E-state index is 14.0. The Kier molecular flexibility index (Phi) is 9.49. The lowest BCUT2D eigenvalue weighted by molar-refractivity contribution is -0.136. The number of carbonyl (C=O) groups excluding carboxylic acids is 2. The second-order valence-corrected chi connectivity index (χ2v) is 13.3. The van der Waals surface area contributed by atoms with Crippen LogP contribution in [-0.2, 0) is 16.1 Å². The van der Waals surface area contributed by atoms with Crippen molar-refractivity contribution < 1.29 is 23.5 Å². The molecule has 7 rings (SSSR count). The van der Waals surface area contributed by atoms with Crippen LogP contribution in [0.4, 0.5) is 9.18 Å². The highest BCUT2D eigenvalue weighted by atomic mass is 35.5. The van der Waals surface area contributed by atoms with Gasteiger partial charge in [-0.3, -0.25) is 9.89 Å². The summed E-state index contributed by atoms with van der Waals surface area (Å²) in [6.07, 6.45) is 1.67. The van der Waals surface area contributed by atoms with Gasteiger partial charge in [-0.25, -0.2) is 19.0 Å². The van der Waals surface area contributed by atoms with Crippen molar-refractivity contribution in [2.75, 3.05) is 39.8 Å². The molecule has 2 amide bonds. The zero-order valence-corrected chi connectivity index (χ0v) is 28.5. The van der Waals surface area contributed by atoms with Gasteiger partial charge in [-0.05, 0) is 54.1 Å². The largest absolute Gasteiger partial charge is 0.466 e. The number of nitrogens with one attached hydrogen (secondary N) is 1. The number of rotatable bonds is 9. The van der Waals surface area contributed by atoms with Crippen molar-refractivity contribution in [3.8, 4) is 17.6 Å². The maximum Gasteiger partial charge on any atom is 0.338 e. The van der Waals surface area contributed by atoms with Gasteiger partial charge in [-0.1, -0.05) is 29.8 Å². The lowest BCUT2D eigenvalue weighted by atomic mass is 9.95. The van der Waals surface area contributed by atoms with Crippen LogP contribution in [0.1, 0.15) is 27.7 Å². The summed E-state index contributed by atoms with van der Waals surface area (Å²) in [6.45, 7) is 3.06. The molecule has 254 valence electrons. The number of piperazine rings is 1. The molecule has 1 N–H and O–H groups in total. The Morgan fingerprint density at radius 3 is 2.52 bits per heavy atom. The molecule has 0 saturated carbocycles. The topological polar surface area (TPSA) is 123 Å². The van der Waals surface area contributed by atoms with Crippen LogP contribution >= 0.6 is 22.9 Å². The molecule has 50 heavy (non-hydrogen) atoms. The number of fused-ring (bicyclic) bond motifs is 1. The molecule has 0 unspecified atom stereocenters. The van der Waals surface area contributed by atoms with Crippen molar-refractivity contribution in [3.63, 3.8) is 0 Å². The molecule has 0 spiro atoms. The van der Waals surface area contributed by atoms with E-state index in [4.69, 9.17) is 31.3 Å². The van der Waals surface area contributed by atoms with Crippen LogP contribution in [0.15, 0.2) is 94.6 Å². The molecule has 0 aliphatic carbocycles. The molecule has 3 aromatic carbocycles. The SMILES string of the molecule is COC(=O)C1=C(CN2CCN3C(=O)N(Cc4ccc(Oc5ccc(C#N)cc5)cc4)C[C@@H]3C2)NC(c2nccs2)=N[C@H]1c1ccc(F)cc1Cl. The number of aliphatic imine (C=N–C) groups is 1. The molecule has 2 saturated heterocycles. The van der Waals surface area contributed by atoms with E-state index in [2.05, 4.69) is 21.3 Å². The molecule has 0 bridgehead atoms. The second kappa shape index (κ2) is 14.3. The van der Waals surface area contributed by atoms with Gasteiger partial charge in [-0.2, -0.15) is 5.26 Å². The number of aromatic nitrogens is 1. The fourth-order valence-corrected chi connectivity index (χ4v) is 7.28. The Balaban J connectivity index is 1.06. The molecule has 3 aliphatic rings. The number of benzene rings is 3. The van der Waals surface area contributed by atoms with Gasteiger partial charge in [0, 0.05) is 67.1 Å². The number of urea groups is 1. The third-order valence-electron chi connectivity index (χ3n) is 8.84. The smallest absolute Gasteiger partial charge is 0.338 e. The molecule has 1 aromatic heterocycles. The minimum Gasteiger partial charge on any atom is -0.466 e. The van der Waals surface area contributed by atoms with E-state index in [0.29, 0.717) is 78.4 Å². The monoisotopic (exact) mass is 711 g/mol. The number of amidine groups is 1. The Morgan fingerprint density at radius 2 is 1.84 bits per heavy atom. The van der Waals surface area contributed by atoms with Gasteiger partial charge in [-0.15, -0.1) is 11.3 Å². The normalized spacial score (nSPS) is 19.1. The Labute approximate surface area is 296 Å². The first-order valence-corrected chi connectivity index (χ1v) is 17.1. The lowest BCUT2D eigenvalue weighted by Gasteiger charge is -2.38. The number of nitrogens with zero attached hydrogens (tertiary/aromatic N) is 6. The third kappa shape index (κ3) is 6.91. The number of hydrogen-bond donors (Lipinski definition) is 1. The lowest BCUT2D eigenvalue weighted by Crippen LogP contribution is -2.53. The highest BCUT2D eigenvalue weighted by Gasteiger charge is 2.41. The van der Waals surface area contributed by atoms with Crippen LogP contribution in [0.2, 0.25) is 5.02 Å². The summed E-state index contributed by atoms with van der Waals surface area (Å²) in [5.74, 6) is 0.691. The van der Waals surface area contributed by atoms with E-state index in [1.54, 1.807) is 30.5 Å². The molecule has 0 radical (unpaired) electrons. The van der Waals surface area contributed by atoms with E-state index >= 15 is 0 Å². The van der Waals surface area contributed by atoms with Crippen LogP contribution in [0.3, 0.4) is 0 Å². The number of carbonyl (C=O) groups is 2. The molecule has 3 aliphatic heterocycles. The van der Waals surface area contributed by atoms with Crippen LogP contribution in [0.25, 0.3) is 0 Å². The van der Waals surface area contributed by atoms with Crippen LogP contribution < -0.4 is 10.1 Å². The average Bonchev–Trinajstić information content (AvgIpc) is 3.77. The third-order valence-corrected chi connectivity index (χ3v) is 9.94. The predicted octanol–water partition coefficient (Wildman–Crippen LogP) is 5.74. The van der Waals surface area contributed by atoms with Gasteiger partial charge >= 0.3 is 12.0 Å². The molecular formula is C36H31ClFN7O4S. The summed E-state index contributed by atoms with van der Waals surface area (Å²) in [6, 6.07) is 19.7. The number of nitriles is 1. The summed E-state index contributed by atoms with van der Waals surface area (Å²) in [5.41, 5.74) is 2.87. The quantitative estimate of drug-likeness (QED) is 0.218. The highest BCUT2D eigenvalue weighted by molar-refractivity contribution is 7.11. The van der Waals surface area contributed by atoms with Gasteiger partial charge < -0.3 is 24.6 Å². The van der Waals surface area contributed by atoms with Crippen molar-refractivity contribution in [1.29, 1.82) is 5.26 Å². The zero-order valence-electron chi connectivity index (χ0n) is 26.9. The number of halogens is 2. The minimum absolute atomic E-state index is 0.0120. The van der Waals surface area contributed by atoms with Gasteiger partial charge in [0.2, 0.25) is 0 Å². The predicted molar refractivity (Wildman–Crippen MR) is 185 cm³/mol. The summed E-state index contributed by atoms with van der Waals surface area (Å²) in [7, 11) is 1.31. The summed E-state index contributed by atoms with van der Waals surface area (Å²) in [4.78, 5) is 42.0. The second-order valence-electron chi connectivity index (χ2n) is 12.0. The first-order chi connectivity index (χ1) is 24.3. The van der Waals surface area contributed by atoms with Gasteiger partial charge in [0.05, 0.1) is 30.4 Å². The Bertz CT molecular complexity index is 2020. The number of ether oxygens (including phenoxy) is 2. The van der Waals surface area contributed by atoms with E-state index in [1.165, 1.54) is 36.6 Å². The first-order valence-electron chi connectivity index (χ1n) is 15.9. The number of methoxy groups -OCH3 is 1.